The third-order valence-electron chi connectivity index (χ3n) is 3.63. The van der Waals surface area contributed by atoms with Crippen LogP contribution in [-0.2, 0) is 4.79 Å². The van der Waals surface area contributed by atoms with Crippen LogP contribution < -0.4 is 20.3 Å². The molecular weight excluding hydrogens is 400 g/mol. The lowest BCUT2D eigenvalue weighted by atomic mass is 10.0. The van der Waals surface area contributed by atoms with Gasteiger partial charge in [-0.15, -0.1) is 0 Å². The van der Waals surface area contributed by atoms with E-state index < -0.39 is 11.8 Å². The van der Waals surface area contributed by atoms with E-state index in [1.165, 1.54) is 7.11 Å². The van der Waals surface area contributed by atoms with Crippen molar-refractivity contribution in [1.29, 1.82) is 0 Å². The SMILES string of the molecule is COc1ccc(C(=O)NNC(=O)COc2ccccc2C(C)C)cc1Br. The maximum atomic E-state index is 12.1. The molecule has 2 amide bonds. The molecule has 0 fully saturated rings. The van der Waals surface area contributed by atoms with E-state index in [0.717, 1.165) is 5.56 Å². The summed E-state index contributed by atoms with van der Waals surface area (Å²) in [5.41, 5.74) is 6.09. The van der Waals surface area contributed by atoms with Crippen LogP contribution in [0.5, 0.6) is 11.5 Å². The first kappa shape index (κ1) is 19.8. The second-order valence-corrected chi connectivity index (χ2v) is 6.69. The Balaban J connectivity index is 1.87. The summed E-state index contributed by atoms with van der Waals surface area (Å²) in [5, 5.41) is 0. The summed E-state index contributed by atoms with van der Waals surface area (Å²) >= 11 is 3.31. The maximum absolute atomic E-state index is 12.1. The van der Waals surface area contributed by atoms with Gasteiger partial charge in [-0.05, 0) is 51.7 Å². The van der Waals surface area contributed by atoms with Gasteiger partial charge >= 0.3 is 0 Å². The van der Waals surface area contributed by atoms with Crippen LogP contribution in [0, 0.1) is 0 Å². The van der Waals surface area contributed by atoms with Crippen molar-refractivity contribution in [2.24, 2.45) is 0 Å². The first-order valence-electron chi connectivity index (χ1n) is 8.06. The van der Waals surface area contributed by atoms with E-state index in [0.29, 0.717) is 21.5 Å². The van der Waals surface area contributed by atoms with Crippen LogP contribution in [0.3, 0.4) is 0 Å². The molecule has 2 aromatic rings. The quantitative estimate of drug-likeness (QED) is 0.701. The molecule has 6 nitrogen and oxygen atoms in total. The lowest BCUT2D eigenvalue weighted by Gasteiger charge is -2.14. The number of hydrogen-bond acceptors (Lipinski definition) is 4. The van der Waals surface area contributed by atoms with Gasteiger partial charge in [0.25, 0.3) is 11.8 Å². The van der Waals surface area contributed by atoms with Crippen molar-refractivity contribution >= 4 is 27.7 Å². The summed E-state index contributed by atoms with van der Waals surface area (Å²) in [6.07, 6.45) is 0. The largest absolute Gasteiger partial charge is 0.496 e. The molecule has 0 atom stereocenters. The lowest BCUT2D eigenvalue weighted by Crippen LogP contribution is -2.43. The Hall–Kier alpha value is -2.54. The van der Waals surface area contributed by atoms with Crippen molar-refractivity contribution in [2.75, 3.05) is 13.7 Å². The van der Waals surface area contributed by atoms with Crippen molar-refractivity contribution in [1.82, 2.24) is 10.9 Å². The first-order chi connectivity index (χ1) is 12.4. The number of hydrogen-bond donors (Lipinski definition) is 2. The second-order valence-electron chi connectivity index (χ2n) is 5.83. The van der Waals surface area contributed by atoms with Crippen molar-refractivity contribution in [3.05, 3.63) is 58.1 Å². The normalized spacial score (nSPS) is 10.3. The van der Waals surface area contributed by atoms with E-state index in [1.54, 1.807) is 18.2 Å². The molecule has 0 unspecified atom stereocenters. The third-order valence-corrected chi connectivity index (χ3v) is 4.25. The minimum Gasteiger partial charge on any atom is -0.496 e. The molecule has 26 heavy (non-hydrogen) atoms. The Kier molecular flexibility index (Phi) is 7.03. The van der Waals surface area contributed by atoms with Crippen LogP contribution in [0.4, 0.5) is 0 Å². The zero-order valence-electron chi connectivity index (χ0n) is 14.8. The van der Waals surface area contributed by atoms with Gasteiger partial charge in [0.2, 0.25) is 0 Å². The molecule has 0 aliphatic heterocycles. The monoisotopic (exact) mass is 420 g/mol. The Labute approximate surface area is 161 Å². The molecule has 0 bridgehead atoms. The molecule has 0 aliphatic rings. The Morgan fingerprint density at radius 1 is 1.08 bits per heavy atom. The van der Waals surface area contributed by atoms with Crippen molar-refractivity contribution in [2.45, 2.75) is 19.8 Å². The lowest BCUT2D eigenvalue weighted by molar-refractivity contribution is -0.123. The summed E-state index contributed by atoms with van der Waals surface area (Å²) in [6.45, 7) is 3.90. The third kappa shape index (κ3) is 5.23. The zero-order chi connectivity index (χ0) is 19.1. The van der Waals surface area contributed by atoms with Gasteiger partial charge in [-0.3, -0.25) is 20.4 Å². The molecule has 7 heteroatoms. The minimum atomic E-state index is -0.454. The topological polar surface area (TPSA) is 76.7 Å². The molecule has 2 N–H and O–H groups in total. The summed E-state index contributed by atoms with van der Waals surface area (Å²) in [7, 11) is 1.54. The Bertz CT molecular complexity index is 793. The molecule has 2 aromatic carbocycles. The van der Waals surface area contributed by atoms with Gasteiger partial charge in [-0.1, -0.05) is 32.0 Å². The number of benzene rings is 2. The van der Waals surface area contributed by atoms with E-state index in [1.807, 2.05) is 24.3 Å². The van der Waals surface area contributed by atoms with Crippen LogP contribution in [-0.4, -0.2) is 25.5 Å². The number of methoxy groups -OCH3 is 1. The van der Waals surface area contributed by atoms with Crippen molar-refractivity contribution in [3.8, 4) is 11.5 Å². The zero-order valence-corrected chi connectivity index (χ0v) is 16.4. The molecule has 0 heterocycles. The van der Waals surface area contributed by atoms with E-state index in [2.05, 4.69) is 40.6 Å². The number of carbonyl (C=O) groups excluding carboxylic acids is 2. The molecule has 0 aliphatic carbocycles. The summed E-state index contributed by atoms with van der Waals surface area (Å²) in [5.74, 6) is 0.655. The van der Waals surface area contributed by atoms with Gasteiger partial charge in [0.1, 0.15) is 11.5 Å². The van der Waals surface area contributed by atoms with Gasteiger partial charge in [-0.2, -0.15) is 0 Å². The summed E-state index contributed by atoms with van der Waals surface area (Å²) < 4.78 is 11.3. The van der Waals surface area contributed by atoms with Crippen LogP contribution in [0.25, 0.3) is 0 Å². The van der Waals surface area contributed by atoms with Gasteiger partial charge in [-0.25, -0.2) is 0 Å². The first-order valence-corrected chi connectivity index (χ1v) is 8.86. The Morgan fingerprint density at radius 2 is 1.81 bits per heavy atom. The highest BCUT2D eigenvalue weighted by Crippen LogP contribution is 2.26. The number of ether oxygens (including phenoxy) is 2. The molecule has 2 rings (SSSR count). The number of halogens is 1. The molecule has 0 saturated carbocycles. The number of rotatable bonds is 6. The fraction of sp³-hybridized carbons (Fsp3) is 0.263. The Morgan fingerprint density at radius 3 is 2.46 bits per heavy atom. The van der Waals surface area contributed by atoms with Gasteiger partial charge in [0.15, 0.2) is 6.61 Å². The second kappa shape index (κ2) is 9.24. The number of carbonyl (C=O) groups is 2. The predicted octanol–water partition coefficient (Wildman–Crippen LogP) is 3.42. The highest BCUT2D eigenvalue weighted by atomic mass is 79.9. The molecule has 0 spiro atoms. The van der Waals surface area contributed by atoms with Crippen LogP contribution >= 0.6 is 15.9 Å². The summed E-state index contributed by atoms with van der Waals surface area (Å²) in [6, 6.07) is 12.4. The average molecular weight is 421 g/mol. The van der Waals surface area contributed by atoms with Gasteiger partial charge < -0.3 is 9.47 Å². The number of para-hydroxylation sites is 1. The van der Waals surface area contributed by atoms with Crippen LogP contribution in [0.1, 0.15) is 35.7 Å². The summed E-state index contributed by atoms with van der Waals surface area (Å²) in [4.78, 5) is 24.0. The highest BCUT2D eigenvalue weighted by Gasteiger charge is 2.12. The molecule has 0 saturated heterocycles. The fourth-order valence-corrected chi connectivity index (χ4v) is 2.82. The van der Waals surface area contributed by atoms with E-state index in [4.69, 9.17) is 9.47 Å². The number of amides is 2. The predicted molar refractivity (Wildman–Crippen MR) is 102 cm³/mol. The van der Waals surface area contributed by atoms with Crippen LogP contribution in [0.15, 0.2) is 46.9 Å². The number of nitrogens with one attached hydrogen (secondary N) is 2. The standard InChI is InChI=1S/C19H21BrN2O4/c1-12(2)14-6-4-5-7-16(14)26-11-18(23)21-22-19(24)13-8-9-17(25-3)15(20)10-13/h4-10,12H,11H2,1-3H3,(H,21,23)(H,22,24). The van der Waals surface area contributed by atoms with Gasteiger partial charge in [0.05, 0.1) is 11.6 Å². The molecule has 0 aromatic heterocycles. The van der Waals surface area contributed by atoms with Crippen molar-refractivity contribution < 1.29 is 19.1 Å². The van der Waals surface area contributed by atoms with Crippen molar-refractivity contribution in [3.63, 3.8) is 0 Å². The number of hydrazine groups is 1. The van der Waals surface area contributed by atoms with E-state index >= 15 is 0 Å². The molecular formula is C19H21BrN2O4. The van der Waals surface area contributed by atoms with E-state index in [-0.39, 0.29) is 12.5 Å². The van der Waals surface area contributed by atoms with Gasteiger partial charge in [0, 0.05) is 5.56 Å². The van der Waals surface area contributed by atoms with Crippen LogP contribution in [0.2, 0.25) is 0 Å². The molecule has 0 radical (unpaired) electrons. The smallest absolute Gasteiger partial charge is 0.276 e. The minimum absolute atomic E-state index is 0.198. The average Bonchev–Trinajstić information content (AvgIpc) is 2.64. The highest BCUT2D eigenvalue weighted by molar-refractivity contribution is 9.10. The molecule has 138 valence electrons. The fourth-order valence-electron chi connectivity index (χ4n) is 2.27. The maximum Gasteiger partial charge on any atom is 0.276 e. The van der Waals surface area contributed by atoms with E-state index in [9.17, 15) is 9.59 Å².